The van der Waals surface area contributed by atoms with Crippen LogP contribution in [0.5, 0.6) is 0 Å². The highest BCUT2D eigenvalue weighted by molar-refractivity contribution is 7.20. The average Bonchev–Trinajstić information content (AvgIpc) is 3.04. The van der Waals surface area contributed by atoms with Gasteiger partial charge in [-0.25, -0.2) is 13.8 Å². The number of aromatic nitrogens is 2. The van der Waals surface area contributed by atoms with Crippen molar-refractivity contribution < 1.29 is 13.6 Å². The van der Waals surface area contributed by atoms with Crippen LogP contribution in [0.4, 0.5) is 14.5 Å². The lowest BCUT2D eigenvalue weighted by molar-refractivity contribution is 0.103. The first-order valence-corrected chi connectivity index (χ1v) is 10.0. The van der Waals surface area contributed by atoms with Crippen LogP contribution in [0.25, 0.3) is 10.2 Å². The first kappa shape index (κ1) is 20.2. The van der Waals surface area contributed by atoms with Crippen molar-refractivity contribution >= 4 is 44.7 Å². The summed E-state index contributed by atoms with van der Waals surface area (Å²) < 4.78 is 28.0. The molecule has 2 aromatic heterocycles. The summed E-state index contributed by atoms with van der Waals surface area (Å²) in [6.07, 6.45) is 1.38. The molecule has 4 aromatic rings. The van der Waals surface area contributed by atoms with Gasteiger partial charge in [0.25, 0.3) is 11.5 Å². The minimum atomic E-state index is -0.515. The summed E-state index contributed by atoms with van der Waals surface area (Å²) in [6, 6.07) is 9.61. The van der Waals surface area contributed by atoms with Crippen molar-refractivity contribution in [3.8, 4) is 0 Å². The smallest absolute Gasteiger partial charge is 0.266 e. The van der Waals surface area contributed by atoms with Crippen LogP contribution in [0.1, 0.15) is 20.8 Å². The lowest BCUT2D eigenvalue weighted by Crippen LogP contribution is -2.21. The molecular weight excluding hydrogens is 432 g/mol. The Morgan fingerprint density at radius 1 is 1.20 bits per heavy atom. The fourth-order valence-electron chi connectivity index (χ4n) is 3.09. The van der Waals surface area contributed by atoms with Crippen LogP contribution in [-0.4, -0.2) is 15.5 Å². The molecule has 30 heavy (non-hydrogen) atoms. The van der Waals surface area contributed by atoms with Crippen molar-refractivity contribution in [2.45, 2.75) is 13.5 Å². The molecule has 0 saturated carbocycles. The predicted octanol–water partition coefficient (Wildman–Crippen LogP) is 5.00. The summed E-state index contributed by atoms with van der Waals surface area (Å²) in [5, 5.41) is 3.03. The topological polar surface area (TPSA) is 64.0 Å². The maximum Gasteiger partial charge on any atom is 0.266 e. The molecule has 0 fully saturated rings. The van der Waals surface area contributed by atoms with E-state index >= 15 is 0 Å². The Bertz CT molecular complexity index is 1350. The molecule has 5 nitrogen and oxygen atoms in total. The third-order valence-electron chi connectivity index (χ3n) is 4.54. The van der Waals surface area contributed by atoms with E-state index in [2.05, 4.69) is 10.3 Å². The monoisotopic (exact) mass is 445 g/mol. The lowest BCUT2D eigenvalue weighted by Gasteiger charge is -2.07. The molecule has 2 aromatic carbocycles. The van der Waals surface area contributed by atoms with E-state index < -0.39 is 11.7 Å². The molecule has 0 atom stereocenters. The van der Waals surface area contributed by atoms with Crippen LogP contribution in [0, 0.1) is 18.6 Å². The van der Waals surface area contributed by atoms with Gasteiger partial charge < -0.3 is 5.32 Å². The summed E-state index contributed by atoms with van der Waals surface area (Å²) in [6.45, 7) is 1.82. The van der Waals surface area contributed by atoms with E-state index in [1.807, 2.05) is 0 Å². The molecular formula is C21H14ClF2N3O2S. The zero-order chi connectivity index (χ0) is 21.4. The maximum absolute atomic E-state index is 13.4. The van der Waals surface area contributed by atoms with Crippen LogP contribution >= 0.6 is 22.9 Å². The molecule has 0 spiro atoms. The van der Waals surface area contributed by atoms with Crippen molar-refractivity contribution in [1.82, 2.24) is 9.55 Å². The fraction of sp³-hybridized carbons (Fsp3) is 0.0952. The summed E-state index contributed by atoms with van der Waals surface area (Å²) in [5.74, 6) is -1.38. The van der Waals surface area contributed by atoms with Crippen molar-refractivity contribution in [2.24, 2.45) is 0 Å². The van der Waals surface area contributed by atoms with Crippen molar-refractivity contribution in [1.29, 1.82) is 0 Å². The number of hydrogen-bond acceptors (Lipinski definition) is 4. The zero-order valence-electron chi connectivity index (χ0n) is 15.6. The van der Waals surface area contributed by atoms with Crippen LogP contribution < -0.4 is 10.9 Å². The van der Waals surface area contributed by atoms with E-state index in [4.69, 9.17) is 11.6 Å². The minimum absolute atomic E-state index is 0.0673. The van der Waals surface area contributed by atoms with Gasteiger partial charge in [-0.3, -0.25) is 14.2 Å². The number of amides is 1. The first-order valence-electron chi connectivity index (χ1n) is 8.83. The number of halogens is 3. The first-order chi connectivity index (χ1) is 14.3. The molecule has 1 amide bonds. The molecule has 2 heterocycles. The second-order valence-electron chi connectivity index (χ2n) is 6.62. The Hall–Kier alpha value is -3.10. The van der Waals surface area contributed by atoms with Crippen molar-refractivity contribution in [2.75, 3.05) is 5.32 Å². The van der Waals surface area contributed by atoms with Gasteiger partial charge >= 0.3 is 0 Å². The Morgan fingerprint density at radius 3 is 2.70 bits per heavy atom. The number of anilines is 1. The van der Waals surface area contributed by atoms with Gasteiger partial charge in [-0.2, -0.15) is 0 Å². The van der Waals surface area contributed by atoms with Crippen molar-refractivity contribution in [3.05, 3.63) is 91.8 Å². The van der Waals surface area contributed by atoms with E-state index in [1.165, 1.54) is 35.2 Å². The van der Waals surface area contributed by atoms with E-state index in [0.717, 1.165) is 17.4 Å². The average molecular weight is 446 g/mol. The van der Waals surface area contributed by atoms with E-state index in [0.29, 0.717) is 26.2 Å². The van der Waals surface area contributed by atoms with Crippen LogP contribution in [-0.2, 0) is 6.54 Å². The zero-order valence-corrected chi connectivity index (χ0v) is 17.2. The molecule has 0 aliphatic carbocycles. The highest BCUT2D eigenvalue weighted by Crippen LogP contribution is 2.29. The van der Waals surface area contributed by atoms with Crippen LogP contribution in [0.15, 0.2) is 53.6 Å². The highest BCUT2D eigenvalue weighted by atomic mass is 35.5. The SMILES string of the molecule is Cc1c(C(=O)Nc2ccc(F)cc2Cl)sc2ncn(Cc3cccc(F)c3)c(=O)c12. The number of benzene rings is 2. The van der Waals surface area contributed by atoms with Gasteiger partial charge in [-0.15, -0.1) is 11.3 Å². The maximum atomic E-state index is 13.4. The van der Waals surface area contributed by atoms with E-state index in [1.54, 1.807) is 19.1 Å². The summed E-state index contributed by atoms with van der Waals surface area (Å²) >= 11 is 7.05. The molecule has 1 N–H and O–H groups in total. The minimum Gasteiger partial charge on any atom is -0.320 e. The summed E-state index contributed by atoms with van der Waals surface area (Å²) in [7, 11) is 0. The molecule has 0 bridgehead atoms. The third-order valence-corrected chi connectivity index (χ3v) is 6.06. The number of fused-ring (bicyclic) bond motifs is 1. The molecule has 152 valence electrons. The number of carbonyl (C=O) groups excluding carboxylic acids is 1. The van der Waals surface area contributed by atoms with E-state index in [-0.39, 0.29) is 28.6 Å². The highest BCUT2D eigenvalue weighted by Gasteiger charge is 2.20. The molecule has 4 rings (SSSR count). The number of carbonyl (C=O) groups is 1. The van der Waals surface area contributed by atoms with Gasteiger partial charge in [-0.05, 0) is 48.4 Å². The fourth-order valence-corrected chi connectivity index (χ4v) is 4.34. The number of hydrogen-bond donors (Lipinski definition) is 1. The Morgan fingerprint density at radius 2 is 1.97 bits per heavy atom. The Kier molecular flexibility index (Phi) is 5.36. The Labute approximate surface area is 178 Å². The largest absolute Gasteiger partial charge is 0.320 e. The predicted molar refractivity (Wildman–Crippen MR) is 113 cm³/mol. The quantitative estimate of drug-likeness (QED) is 0.481. The number of rotatable bonds is 4. The van der Waals surface area contributed by atoms with Crippen LogP contribution in [0.2, 0.25) is 5.02 Å². The van der Waals surface area contributed by atoms with Gasteiger partial charge in [0, 0.05) is 0 Å². The molecule has 0 radical (unpaired) electrons. The number of nitrogens with zero attached hydrogens (tertiary/aromatic N) is 2. The van der Waals surface area contributed by atoms with Gasteiger partial charge in [-0.1, -0.05) is 23.7 Å². The third kappa shape index (κ3) is 3.83. The molecule has 9 heteroatoms. The van der Waals surface area contributed by atoms with Crippen LogP contribution in [0.3, 0.4) is 0 Å². The van der Waals surface area contributed by atoms with Crippen molar-refractivity contribution in [3.63, 3.8) is 0 Å². The molecule has 0 aliphatic rings. The normalized spacial score (nSPS) is 11.1. The standard InChI is InChI=1S/C21H14ClF2N3O2S/c1-11-17-20(25-10-27(21(17)29)9-12-3-2-4-13(23)7-12)30-18(11)19(28)26-16-6-5-14(24)8-15(16)22/h2-8,10H,9H2,1H3,(H,26,28). The molecule has 0 unspecified atom stereocenters. The molecule has 0 aliphatic heterocycles. The lowest BCUT2D eigenvalue weighted by atomic mass is 10.2. The van der Waals surface area contributed by atoms with Gasteiger partial charge in [0.2, 0.25) is 0 Å². The molecule has 0 saturated heterocycles. The van der Waals surface area contributed by atoms with Gasteiger partial charge in [0.05, 0.1) is 33.8 Å². The van der Waals surface area contributed by atoms with E-state index in [9.17, 15) is 18.4 Å². The Balaban J connectivity index is 1.69. The number of aryl methyl sites for hydroxylation is 1. The summed E-state index contributed by atoms with van der Waals surface area (Å²) in [4.78, 5) is 30.7. The van der Waals surface area contributed by atoms with Gasteiger partial charge in [0.15, 0.2) is 0 Å². The summed E-state index contributed by atoms with van der Waals surface area (Å²) in [5.41, 5.74) is 1.04. The second kappa shape index (κ2) is 7.97. The number of nitrogens with one attached hydrogen (secondary N) is 1. The number of thiophene rings is 1. The second-order valence-corrected chi connectivity index (χ2v) is 8.03. The van der Waals surface area contributed by atoms with Gasteiger partial charge in [0.1, 0.15) is 16.5 Å².